The zero-order chi connectivity index (χ0) is 20.8. The molecule has 0 N–H and O–H groups in total. The number of ether oxygens (including phenoxy) is 1. The standard InChI is InChI=1S/C24H22Cl2N2OS/c25-18-11-13-19(14-12-18)30-17-24-27-21-8-2-3-9-22(21)28(24)15-5-6-16-29-23-10-4-1-7-20(23)26/h1-4,7-14H,5-6,15-17H2. The second kappa shape index (κ2) is 10.3. The molecule has 0 amide bonds. The van der Waals surface area contributed by atoms with Gasteiger partial charge in [0.05, 0.1) is 28.4 Å². The molecular weight excluding hydrogens is 435 g/mol. The number of fused-ring (bicyclic) bond motifs is 1. The molecule has 154 valence electrons. The molecule has 6 heteroatoms. The van der Waals surface area contributed by atoms with Crippen molar-refractivity contribution in [3.05, 3.63) is 88.7 Å². The van der Waals surface area contributed by atoms with Crippen molar-refractivity contribution in [2.45, 2.75) is 30.0 Å². The highest BCUT2D eigenvalue weighted by molar-refractivity contribution is 7.98. The lowest BCUT2D eigenvalue weighted by molar-refractivity contribution is 0.303. The largest absolute Gasteiger partial charge is 0.492 e. The number of thioether (sulfide) groups is 1. The minimum absolute atomic E-state index is 0.644. The van der Waals surface area contributed by atoms with Crippen molar-refractivity contribution in [1.82, 2.24) is 9.55 Å². The van der Waals surface area contributed by atoms with Crippen molar-refractivity contribution in [2.75, 3.05) is 6.61 Å². The van der Waals surface area contributed by atoms with Crippen LogP contribution in [0.25, 0.3) is 11.0 Å². The monoisotopic (exact) mass is 456 g/mol. The Morgan fingerprint density at radius 3 is 2.47 bits per heavy atom. The Morgan fingerprint density at radius 1 is 0.867 bits per heavy atom. The lowest BCUT2D eigenvalue weighted by atomic mass is 10.3. The van der Waals surface area contributed by atoms with E-state index in [9.17, 15) is 0 Å². The first kappa shape index (κ1) is 21.1. The highest BCUT2D eigenvalue weighted by Gasteiger charge is 2.11. The topological polar surface area (TPSA) is 27.1 Å². The van der Waals surface area contributed by atoms with Crippen LogP contribution in [0.2, 0.25) is 10.0 Å². The molecule has 3 aromatic carbocycles. The Kier molecular flexibility index (Phi) is 7.21. The van der Waals surface area contributed by atoms with Crippen LogP contribution in [-0.2, 0) is 12.3 Å². The third kappa shape index (κ3) is 5.31. The maximum Gasteiger partial charge on any atom is 0.137 e. The number of benzene rings is 3. The molecule has 0 unspecified atom stereocenters. The molecule has 0 radical (unpaired) electrons. The fourth-order valence-electron chi connectivity index (χ4n) is 3.28. The van der Waals surface area contributed by atoms with Gasteiger partial charge in [-0.05, 0) is 61.4 Å². The van der Waals surface area contributed by atoms with E-state index in [1.165, 1.54) is 10.4 Å². The summed E-state index contributed by atoms with van der Waals surface area (Å²) < 4.78 is 8.14. The van der Waals surface area contributed by atoms with Gasteiger partial charge in [0.15, 0.2) is 0 Å². The molecule has 4 rings (SSSR count). The van der Waals surface area contributed by atoms with Crippen LogP contribution in [0.4, 0.5) is 0 Å². The maximum absolute atomic E-state index is 6.15. The number of imidazole rings is 1. The number of rotatable bonds is 9. The Morgan fingerprint density at radius 2 is 1.63 bits per heavy atom. The van der Waals surface area contributed by atoms with Crippen LogP contribution in [0.1, 0.15) is 18.7 Å². The van der Waals surface area contributed by atoms with Gasteiger partial charge in [-0.2, -0.15) is 0 Å². The summed E-state index contributed by atoms with van der Waals surface area (Å²) in [6.45, 7) is 1.55. The van der Waals surface area contributed by atoms with E-state index < -0.39 is 0 Å². The van der Waals surface area contributed by atoms with E-state index in [4.69, 9.17) is 32.9 Å². The fraction of sp³-hybridized carbons (Fsp3) is 0.208. The molecule has 0 bridgehead atoms. The predicted molar refractivity (Wildman–Crippen MR) is 127 cm³/mol. The van der Waals surface area contributed by atoms with Gasteiger partial charge in [-0.1, -0.05) is 47.5 Å². The van der Waals surface area contributed by atoms with E-state index in [0.29, 0.717) is 11.6 Å². The second-order valence-corrected chi connectivity index (χ2v) is 8.79. The first-order chi connectivity index (χ1) is 14.7. The number of aromatic nitrogens is 2. The number of halogens is 2. The minimum Gasteiger partial charge on any atom is -0.492 e. The minimum atomic E-state index is 0.644. The number of unbranched alkanes of at least 4 members (excludes halogenated alkanes) is 1. The van der Waals surface area contributed by atoms with Gasteiger partial charge in [-0.15, -0.1) is 11.8 Å². The van der Waals surface area contributed by atoms with Gasteiger partial charge >= 0.3 is 0 Å². The van der Waals surface area contributed by atoms with Crippen molar-refractivity contribution in [2.24, 2.45) is 0 Å². The Hall–Kier alpha value is -2.14. The van der Waals surface area contributed by atoms with Crippen molar-refractivity contribution >= 4 is 46.0 Å². The molecule has 4 aromatic rings. The molecule has 0 spiro atoms. The number of nitrogens with zero attached hydrogens (tertiary/aromatic N) is 2. The lowest BCUT2D eigenvalue weighted by Gasteiger charge is -2.11. The Bertz CT molecular complexity index is 1110. The van der Waals surface area contributed by atoms with Crippen LogP contribution < -0.4 is 4.74 Å². The van der Waals surface area contributed by atoms with Crippen molar-refractivity contribution in [3.8, 4) is 5.75 Å². The fourth-order valence-corrected chi connectivity index (χ4v) is 4.44. The molecule has 0 saturated carbocycles. The summed E-state index contributed by atoms with van der Waals surface area (Å²) in [5.74, 6) is 2.64. The predicted octanol–water partition coefficient (Wildman–Crippen LogP) is 7.49. The molecule has 0 aliphatic heterocycles. The molecule has 0 atom stereocenters. The summed E-state index contributed by atoms with van der Waals surface area (Å²) in [4.78, 5) is 6.06. The summed E-state index contributed by atoms with van der Waals surface area (Å²) >= 11 is 13.9. The smallest absolute Gasteiger partial charge is 0.137 e. The highest BCUT2D eigenvalue weighted by atomic mass is 35.5. The van der Waals surface area contributed by atoms with Gasteiger partial charge in [0.2, 0.25) is 0 Å². The SMILES string of the molecule is Clc1ccc(SCc2nc3ccccc3n2CCCCOc2ccccc2Cl)cc1. The zero-order valence-corrected chi connectivity index (χ0v) is 18.8. The molecule has 1 aromatic heterocycles. The van der Waals surface area contributed by atoms with Crippen LogP contribution in [0.15, 0.2) is 77.7 Å². The van der Waals surface area contributed by atoms with Gasteiger partial charge in [0, 0.05) is 16.5 Å². The van der Waals surface area contributed by atoms with Gasteiger partial charge in [-0.3, -0.25) is 0 Å². The third-order valence-electron chi connectivity index (χ3n) is 4.79. The van der Waals surface area contributed by atoms with Crippen LogP contribution in [-0.4, -0.2) is 16.2 Å². The molecule has 0 aliphatic carbocycles. The summed E-state index contributed by atoms with van der Waals surface area (Å²) in [5, 5.41) is 1.41. The zero-order valence-electron chi connectivity index (χ0n) is 16.4. The molecule has 30 heavy (non-hydrogen) atoms. The molecular formula is C24H22Cl2N2OS. The first-order valence-corrected chi connectivity index (χ1v) is 11.6. The quantitative estimate of drug-likeness (QED) is 0.192. The van der Waals surface area contributed by atoms with E-state index in [0.717, 1.165) is 47.3 Å². The lowest BCUT2D eigenvalue weighted by Crippen LogP contribution is -2.05. The average molecular weight is 457 g/mol. The van der Waals surface area contributed by atoms with E-state index in [1.54, 1.807) is 11.8 Å². The Labute approximate surface area is 191 Å². The number of para-hydroxylation sites is 3. The van der Waals surface area contributed by atoms with Crippen LogP contribution in [0.5, 0.6) is 5.75 Å². The summed E-state index contributed by atoms with van der Waals surface area (Å²) in [6.07, 6.45) is 1.95. The maximum atomic E-state index is 6.15. The normalized spacial score (nSPS) is 11.1. The van der Waals surface area contributed by atoms with E-state index >= 15 is 0 Å². The molecule has 3 nitrogen and oxygen atoms in total. The molecule has 0 aliphatic rings. The molecule has 1 heterocycles. The van der Waals surface area contributed by atoms with E-state index in [1.807, 2.05) is 54.6 Å². The number of aryl methyl sites for hydroxylation is 1. The van der Waals surface area contributed by atoms with E-state index in [2.05, 4.69) is 22.8 Å². The summed E-state index contributed by atoms with van der Waals surface area (Å²) in [7, 11) is 0. The number of hydrogen-bond acceptors (Lipinski definition) is 3. The van der Waals surface area contributed by atoms with Gasteiger partial charge in [0.1, 0.15) is 11.6 Å². The third-order valence-corrected chi connectivity index (χ3v) is 6.36. The van der Waals surface area contributed by atoms with Crippen molar-refractivity contribution in [1.29, 1.82) is 0 Å². The average Bonchev–Trinajstić information content (AvgIpc) is 3.12. The molecule has 0 saturated heterocycles. The number of hydrogen-bond donors (Lipinski definition) is 0. The summed E-state index contributed by atoms with van der Waals surface area (Å²) in [5.41, 5.74) is 2.22. The second-order valence-electron chi connectivity index (χ2n) is 6.90. The van der Waals surface area contributed by atoms with Gasteiger partial charge in [-0.25, -0.2) is 4.98 Å². The van der Waals surface area contributed by atoms with Gasteiger partial charge < -0.3 is 9.30 Å². The Balaban J connectivity index is 1.38. The van der Waals surface area contributed by atoms with Crippen LogP contribution >= 0.6 is 35.0 Å². The van der Waals surface area contributed by atoms with Crippen molar-refractivity contribution < 1.29 is 4.74 Å². The van der Waals surface area contributed by atoms with Gasteiger partial charge in [0.25, 0.3) is 0 Å². The van der Waals surface area contributed by atoms with E-state index in [-0.39, 0.29) is 0 Å². The molecule has 0 fully saturated rings. The highest BCUT2D eigenvalue weighted by Crippen LogP contribution is 2.27. The van der Waals surface area contributed by atoms with Crippen LogP contribution in [0.3, 0.4) is 0 Å². The summed E-state index contributed by atoms with van der Waals surface area (Å²) in [6, 6.07) is 23.8. The van der Waals surface area contributed by atoms with Crippen LogP contribution in [0, 0.1) is 0 Å². The van der Waals surface area contributed by atoms with Crippen molar-refractivity contribution in [3.63, 3.8) is 0 Å². The first-order valence-electron chi connectivity index (χ1n) is 9.90.